The van der Waals surface area contributed by atoms with E-state index in [2.05, 4.69) is 23.3 Å². The molecule has 3 rings (SSSR count). The molecule has 1 N–H and O–H groups in total. The lowest BCUT2D eigenvalue weighted by atomic mass is 10.0. The highest BCUT2D eigenvalue weighted by Gasteiger charge is 2.23. The van der Waals surface area contributed by atoms with E-state index in [4.69, 9.17) is 16.3 Å². The Kier molecular flexibility index (Phi) is 7.71. The van der Waals surface area contributed by atoms with Crippen LogP contribution in [0.4, 0.5) is 0 Å². The lowest BCUT2D eigenvalue weighted by Crippen LogP contribution is -2.38. The average molecular weight is 429 g/mol. The summed E-state index contributed by atoms with van der Waals surface area (Å²) in [7, 11) is 1.67. The normalized spacial score (nSPS) is 17.1. The number of amides is 1. The number of aromatic nitrogens is 2. The molecule has 1 amide bonds. The lowest BCUT2D eigenvalue weighted by Gasteiger charge is -2.30. The maximum Gasteiger partial charge on any atom is 0.210 e. The number of benzene rings is 1. The summed E-state index contributed by atoms with van der Waals surface area (Å²) in [5, 5.41) is 4.24. The number of carbonyl (C=O) groups is 1. The van der Waals surface area contributed by atoms with Crippen LogP contribution in [0.2, 0.25) is 5.02 Å². The number of methoxy groups -OCH3 is 1. The highest BCUT2D eigenvalue weighted by atomic mass is 35.5. The van der Waals surface area contributed by atoms with Crippen molar-refractivity contribution in [2.24, 2.45) is 0 Å². The van der Waals surface area contributed by atoms with Crippen molar-refractivity contribution in [1.82, 2.24) is 19.8 Å². The van der Waals surface area contributed by atoms with Gasteiger partial charge in [-0.25, -0.2) is 4.98 Å². The predicted molar refractivity (Wildman–Crippen MR) is 120 cm³/mol. The Bertz CT molecular complexity index is 904. The van der Waals surface area contributed by atoms with Crippen LogP contribution in [0.15, 0.2) is 54.7 Å². The van der Waals surface area contributed by atoms with Crippen molar-refractivity contribution in [3.63, 3.8) is 0 Å². The summed E-state index contributed by atoms with van der Waals surface area (Å²) in [6, 6.07) is 8.08. The molecule has 0 spiro atoms. The molecule has 160 valence electrons. The molecular weight excluding hydrogens is 400 g/mol. The number of carbonyl (C=O) groups excluding carboxylic acids is 1. The molecule has 1 aliphatic rings. The summed E-state index contributed by atoms with van der Waals surface area (Å²) < 4.78 is 7.58. The monoisotopic (exact) mass is 428 g/mol. The second-order valence-electron chi connectivity index (χ2n) is 7.61. The van der Waals surface area contributed by atoms with Crippen LogP contribution in [-0.2, 0) is 16.1 Å². The number of aryl methyl sites for hydroxylation is 1. The molecule has 0 aliphatic heterocycles. The van der Waals surface area contributed by atoms with Gasteiger partial charge in [0, 0.05) is 36.8 Å². The van der Waals surface area contributed by atoms with Gasteiger partial charge in [-0.15, -0.1) is 0 Å². The van der Waals surface area contributed by atoms with E-state index in [0.717, 1.165) is 41.5 Å². The third-order valence-corrected chi connectivity index (χ3v) is 5.59. The van der Waals surface area contributed by atoms with Gasteiger partial charge in [-0.3, -0.25) is 4.79 Å². The zero-order valence-electron chi connectivity index (χ0n) is 17.7. The predicted octanol–water partition coefficient (Wildman–Crippen LogP) is 4.02. The fourth-order valence-corrected chi connectivity index (χ4v) is 3.62. The second-order valence-corrected chi connectivity index (χ2v) is 8.04. The molecule has 0 saturated heterocycles. The third-order valence-electron chi connectivity index (χ3n) is 5.34. The lowest BCUT2D eigenvalue weighted by molar-refractivity contribution is -0.119. The summed E-state index contributed by atoms with van der Waals surface area (Å²) in [6.45, 7) is 5.53. The fourth-order valence-electron chi connectivity index (χ4n) is 3.49. The minimum absolute atomic E-state index is 0.0192. The van der Waals surface area contributed by atoms with Gasteiger partial charge in [0.2, 0.25) is 6.41 Å². The molecule has 0 bridgehead atoms. The Balaban J connectivity index is 1.53. The van der Waals surface area contributed by atoms with Crippen molar-refractivity contribution in [1.29, 1.82) is 0 Å². The standard InChI is InChI=1S/C23H29ClN4O2/c1-17(25-13-19-4-6-20(24)7-5-19)10-11-27(16-29)21-8-9-22(23(12-21)30-3)28-14-18(2)26-15-28/h4-9,14-17,21,25H,10-13H2,1-3H3. The van der Waals surface area contributed by atoms with Crippen LogP contribution >= 0.6 is 11.6 Å². The third kappa shape index (κ3) is 5.74. The van der Waals surface area contributed by atoms with E-state index in [9.17, 15) is 4.79 Å². The number of halogens is 1. The Morgan fingerprint density at radius 2 is 2.17 bits per heavy atom. The first-order valence-corrected chi connectivity index (χ1v) is 10.5. The van der Waals surface area contributed by atoms with Crippen molar-refractivity contribution < 1.29 is 9.53 Å². The van der Waals surface area contributed by atoms with E-state index in [1.54, 1.807) is 13.4 Å². The van der Waals surface area contributed by atoms with Gasteiger partial charge in [0.1, 0.15) is 5.76 Å². The average Bonchev–Trinajstić information content (AvgIpc) is 3.19. The number of ether oxygens (including phenoxy) is 1. The minimum atomic E-state index is -0.0192. The van der Waals surface area contributed by atoms with Crippen LogP contribution in [0.1, 0.15) is 31.0 Å². The van der Waals surface area contributed by atoms with Crippen LogP contribution < -0.4 is 5.32 Å². The molecular formula is C23H29ClN4O2. The minimum Gasteiger partial charge on any atom is -0.499 e. The number of nitrogens with one attached hydrogen (secondary N) is 1. The number of allylic oxidation sites excluding steroid dienone is 2. The zero-order chi connectivity index (χ0) is 21.5. The van der Waals surface area contributed by atoms with Crippen molar-refractivity contribution in [3.05, 3.63) is 71.0 Å². The molecule has 1 heterocycles. The highest BCUT2D eigenvalue weighted by Crippen LogP contribution is 2.26. The van der Waals surface area contributed by atoms with E-state index in [1.165, 1.54) is 5.56 Å². The van der Waals surface area contributed by atoms with Gasteiger partial charge >= 0.3 is 0 Å². The van der Waals surface area contributed by atoms with E-state index >= 15 is 0 Å². The van der Waals surface area contributed by atoms with E-state index in [-0.39, 0.29) is 12.1 Å². The van der Waals surface area contributed by atoms with Gasteiger partial charge in [-0.05, 0) is 44.0 Å². The summed E-state index contributed by atoms with van der Waals surface area (Å²) in [6.07, 6.45) is 10.2. The van der Waals surface area contributed by atoms with Crippen molar-refractivity contribution in [3.8, 4) is 0 Å². The van der Waals surface area contributed by atoms with Crippen LogP contribution in [-0.4, -0.2) is 46.6 Å². The number of imidazole rings is 1. The van der Waals surface area contributed by atoms with Crippen molar-refractivity contribution >= 4 is 23.7 Å². The Hall–Kier alpha value is -2.57. The molecule has 1 aromatic heterocycles. The Morgan fingerprint density at radius 1 is 1.40 bits per heavy atom. The highest BCUT2D eigenvalue weighted by molar-refractivity contribution is 6.30. The Morgan fingerprint density at radius 3 is 2.80 bits per heavy atom. The van der Waals surface area contributed by atoms with Gasteiger partial charge in [0.25, 0.3) is 0 Å². The number of rotatable bonds is 10. The first kappa shape index (κ1) is 22.1. The van der Waals surface area contributed by atoms with Gasteiger partial charge < -0.3 is 19.5 Å². The largest absolute Gasteiger partial charge is 0.499 e. The molecule has 0 radical (unpaired) electrons. The number of hydrogen-bond acceptors (Lipinski definition) is 4. The fraction of sp³-hybridized carbons (Fsp3) is 0.391. The molecule has 1 aliphatic carbocycles. The molecule has 2 unspecified atom stereocenters. The summed E-state index contributed by atoms with van der Waals surface area (Å²) in [5.41, 5.74) is 3.09. The van der Waals surface area contributed by atoms with Gasteiger partial charge in [-0.1, -0.05) is 29.8 Å². The van der Waals surface area contributed by atoms with Crippen LogP contribution in [0.5, 0.6) is 0 Å². The van der Waals surface area contributed by atoms with E-state index < -0.39 is 0 Å². The molecule has 1 aromatic carbocycles. The van der Waals surface area contributed by atoms with Gasteiger partial charge in [0.05, 0.1) is 30.9 Å². The maximum atomic E-state index is 11.8. The van der Waals surface area contributed by atoms with E-state index in [0.29, 0.717) is 13.0 Å². The SMILES string of the molecule is COC1=C(n2cnc(C)c2)C=CC(N(C=O)CCC(C)NCc2ccc(Cl)cc2)C1. The van der Waals surface area contributed by atoms with Crippen molar-refractivity contribution in [2.75, 3.05) is 13.7 Å². The topological polar surface area (TPSA) is 59.4 Å². The Labute approximate surface area is 183 Å². The number of hydrogen-bond donors (Lipinski definition) is 1. The molecule has 2 atom stereocenters. The summed E-state index contributed by atoms with van der Waals surface area (Å²) in [5.74, 6) is 0.848. The second kappa shape index (κ2) is 10.5. The quantitative estimate of drug-likeness (QED) is 0.581. The number of nitrogens with zero attached hydrogens (tertiary/aromatic N) is 3. The van der Waals surface area contributed by atoms with Gasteiger partial charge in [0.15, 0.2) is 0 Å². The summed E-state index contributed by atoms with van der Waals surface area (Å²) in [4.78, 5) is 17.9. The maximum absolute atomic E-state index is 11.8. The first-order chi connectivity index (χ1) is 14.5. The molecule has 0 saturated carbocycles. The van der Waals surface area contributed by atoms with Crippen LogP contribution in [0, 0.1) is 6.92 Å². The molecule has 2 aromatic rings. The molecule has 0 fully saturated rings. The molecule has 7 heteroatoms. The summed E-state index contributed by atoms with van der Waals surface area (Å²) >= 11 is 5.93. The van der Waals surface area contributed by atoms with Crippen LogP contribution in [0.25, 0.3) is 5.70 Å². The smallest absolute Gasteiger partial charge is 0.210 e. The van der Waals surface area contributed by atoms with Crippen molar-refractivity contribution in [2.45, 2.75) is 45.3 Å². The van der Waals surface area contributed by atoms with E-state index in [1.807, 2.05) is 52.9 Å². The zero-order valence-corrected chi connectivity index (χ0v) is 18.5. The molecule has 30 heavy (non-hydrogen) atoms. The van der Waals surface area contributed by atoms with Crippen LogP contribution in [0.3, 0.4) is 0 Å². The molecule has 6 nitrogen and oxygen atoms in total. The van der Waals surface area contributed by atoms with Gasteiger partial charge in [-0.2, -0.15) is 0 Å². The first-order valence-electron chi connectivity index (χ1n) is 10.2.